The molecule has 6 heteroatoms. The fraction of sp³-hybridized carbons (Fsp3) is 0.364. The van der Waals surface area contributed by atoms with Crippen molar-refractivity contribution in [3.05, 3.63) is 36.8 Å². The molecule has 2 aromatic rings. The molecule has 2 aromatic heterocycles. The molecule has 0 saturated heterocycles. The van der Waals surface area contributed by atoms with Gasteiger partial charge in [-0.25, -0.2) is 9.67 Å². The predicted octanol–water partition coefficient (Wildman–Crippen LogP) is 0.619. The summed E-state index contributed by atoms with van der Waals surface area (Å²) in [5, 5.41) is 6.73. The Morgan fingerprint density at radius 1 is 1.65 bits per heavy atom. The SMILES string of the molecule is C[C@@H](Cc1ccco1)NC(=O)Cn1cncn1. The molecular formula is C11H14N4O2. The van der Waals surface area contributed by atoms with E-state index in [2.05, 4.69) is 15.4 Å². The van der Waals surface area contributed by atoms with E-state index in [1.54, 1.807) is 6.26 Å². The Labute approximate surface area is 98.6 Å². The van der Waals surface area contributed by atoms with Crippen molar-refractivity contribution in [2.75, 3.05) is 0 Å². The minimum absolute atomic E-state index is 0.0252. The van der Waals surface area contributed by atoms with Gasteiger partial charge in [0.1, 0.15) is 25.0 Å². The normalized spacial score (nSPS) is 12.3. The molecule has 0 aliphatic rings. The van der Waals surface area contributed by atoms with E-state index in [4.69, 9.17) is 4.42 Å². The van der Waals surface area contributed by atoms with E-state index in [1.807, 2.05) is 19.1 Å². The van der Waals surface area contributed by atoms with Crippen LogP contribution in [0.15, 0.2) is 35.5 Å². The Bertz CT molecular complexity index is 450. The van der Waals surface area contributed by atoms with Crippen LogP contribution in [-0.4, -0.2) is 26.7 Å². The third-order valence-electron chi connectivity index (χ3n) is 2.27. The summed E-state index contributed by atoms with van der Waals surface area (Å²) in [6.45, 7) is 2.12. The van der Waals surface area contributed by atoms with E-state index in [0.717, 1.165) is 5.76 Å². The summed E-state index contributed by atoms with van der Waals surface area (Å²) in [5.74, 6) is 0.771. The third kappa shape index (κ3) is 3.44. The number of carbonyl (C=O) groups is 1. The Morgan fingerprint density at radius 2 is 2.53 bits per heavy atom. The number of nitrogens with one attached hydrogen (secondary N) is 1. The summed E-state index contributed by atoms with van der Waals surface area (Å²) < 4.78 is 6.69. The van der Waals surface area contributed by atoms with Crippen molar-refractivity contribution < 1.29 is 9.21 Å². The maximum Gasteiger partial charge on any atom is 0.242 e. The third-order valence-corrected chi connectivity index (χ3v) is 2.27. The lowest BCUT2D eigenvalue weighted by Gasteiger charge is -2.12. The van der Waals surface area contributed by atoms with Crippen LogP contribution in [0.1, 0.15) is 12.7 Å². The van der Waals surface area contributed by atoms with Gasteiger partial charge in [0.05, 0.1) is 6.26 Å². The highest BCUT2D eigenvalue weighted by atomic mass is 16.3. The summed E-state index contributed by atoms with van der Waals surface area (Å²) in [6.07, 6.45) is 5.21. The first-order valence-electron chi connectivity index (χ1n) is 5.38. The molecule has 0 unspecified atom stereocenters. The van der Waals surface area contributed by atoms with E-state index in [0.29, 0.717) is 6.42 Å². The number of hydrogen-bond acceptors (Lipinski definition) is 4. The van der Waals surface area contributed by atoms with Crippen LogP contribution < -0.4 is 5.32 Å². The molecule has 2 heterocycles. The van der Waals surface area contributed by atoms with E-state index in [-0.39, 0.29) is 18.5 Å². The Hall–Kier alpha value is -2.11. The number of furan rings is 1. The average Bonchev–Trinajstić information content (AvgIpc) is 2.90. The standard InChI is InChI=1S/C11H14N4O2/c1-9(5-10-3-2-4-17-10)14-11(16)6-15-8-12-7-13-15/h2-4,7-9H,5-6H2,1H3,(H,14,16)/t9-/m0/s1. The summed E-state index contributed by atoms with van der Waals surface area (Å²) >= 11 is 0. The van der Waals surface area contributed by atoms with Gasteiger partial charge >= 0.3 is 0 Å². The van der Waals surface area contributed by atoms with Gasteiger partial charge in [-0.2, -0.15) is 5.10 Å². The number of carbonyl (C=O) groups excluding carboxylic acids is 1. The minimum atomic E-state index is -0.0884. The van der Waals surface area contributed by atoms with Crippen LogP contribution in [0, 0.1) is 0 Å². The molecule has 17 heavy (non-hydrogen) atoms. The van der Waals surface area contributed by atoms with Crippen molar-refractivity contribution in [3.8, 4) is 0 Å². The highest BCUT2D eigenvalue weighted by molar-refractivity contribution is 5.75. The molecule has 2 rings (SSSR count). The van der Waals surface area contributed by atoms with E-state index < -0.39 is 0 Å². The maximum atomic E-state index is 11.6. The van der Waals surface area contributed by atoms with Crippen LogP contribution in [0.5, 0.6) is 0 Å². The Morgan fingerprint density at radius 3 is 3.18 bits per heavy atom. The number of hydrogen-bond donors (Lipinski definition) is 1. The monoisotopic (exact) mass is 234 g/mol. The predicted molar refractivity (Wildman–Crippen MR) is 60.0 cm³/mol. The van der Waals surface area contributed by atoms with Crippen molar-refractivity contribution in [2.24, 2.45) is 0 Å². The van der Waals surface area contributed by atoms with Crippen LogP contribution in [-0.2, 0) is 17.8 Å². The minimum Gasteiger partial charge on any atom is -0.469 e. The van der Waals surface area contributed by atoms with Gasteiger partial charge in [-0.1, -0.05) is 0 Å². The Kier molecular flexibility index (Phi) is 3.54. The van der Waals surface area contributed by atoms with Crippen LogP contribution in [0.4, 0.5) is 0 Å². The molecule has 0 radical (unpaired) electrons. The molecule has 0 aromatic carbocycles. The molecular weight excluding hydrogens is 220 g/mol. The number of rotatable bonds is 5. The summed E-state index contributed by atoms with van der Waals surface area (Å²) in [7, 11) is 0. The molecule has 0 saturated carbocycles. The molecule has 1 atom stereocenters. The second kappa shape index (κ2) is 5.29. The smallest absolute Gasteiger partial charge is 0.242 e. The molecule has 90 valence electrons. The fourth-order valence-corrected chi connectivity index (χ4v) is 1.56. The van der Waals surface area contributed by atoms with Gasteiger partial charge in [0.25, 0.3) is 0 Å². The quantitative estimate of drug-likeness (QED) is 0.823. The zero-order chi connectivity index (χ0) is 12.1. The number of nitrogens with zero attached hydrogens (tertiary/aromatic N) is 3. The average molecular weight is 234 g/mol. The second-order valence-corrected chi connectivity index (χ2v) is 3.85. The van der Waals surface area contributed by atoms with Crippen LogP contribution in [0.2, 0.25) is 0 Å². The maximum absolute atomic E-state index is 11.6. The molecule has 1 amide bonds. The van der Waals surface area contributed by atoms with Gasteiger partial charge in [0.2, 0.25) is 5.91 Å². The van der Waals surface area contributed by atoms with Gasteiger partial charge < -0.3 is 9.73 Å². The number of aromatic nitrogens is 3. The molecule has 0 aliphatic heterocycles. The largest absolute Gasteiger partial charge is 0.469 e. The molecule has 1 N–H and O–H groups in total. The van der Waals surface area contributed by atoms with E-state index in [9.17, 15) is 4.79 Å². The first kappa shape index (κ1) is 11.4. The summed E-state index contributed by atoms with van der Waals surface area (Å²) in [5.41, 5.74) is 0. The fourth-order valence-electron chi connectivity index (χ4n) is 1.56. The molecule has 0 spiro atoms. The van der Waals surface area contributed by atoms with Crippen molar-refractivity contribution >= 4 is 5.91 Å². The van der Waals surface area contributed by atoms with E-state index in [1.165, 1.54) is 17.3 Å². The lowest BCUT2D eigenvalue weighted by Crippen LogP contribution is -2.36. The van der Waals surface area contributed by atoms with Crippen molar-refractivity contribution in [2.45, 2.75) is 25.9 Å². The summed E-state index contributed by atoms with van der Waals surface area (Å²) in [6, 6.07) is 3.75. The number of amides is 1. The van der Waals surface area contributed by atoms with Gasteiger partial charge in [-0.15, -0.1) is 0 Å². The lowest BCUT2D eigenvalue weighted by atomic mass is 10.2. The van der Waals surface area contributed by atoms with Crippen LogP contribution in [0.25, 0.3) is 0 Å². The first-order chi connectivity index (χ1) is 8.24. The van der Waals surface area contributed by atoms with Crippen LogP contribution >= 0.6 is 0 Å². The highest BCUT2D eigenvalue weighted by Crippen LogP contribution is 2.03. The van der Waals surface area contributed by atoms with Crippen LogP contribution in [0.3, 0.4) is 0 Å². The highest BCUT2D eigenvalue weighted by Gasteiger charge is 2.10. The zero-order valence-corrected chi connectivity index (χ0v) is 9.54. The molecule has 0 aliphatic carbocycles. The van der Waals surface area contributed by atoms with Gasteiger partial charge in [0.15, 0.2) is 0 Å². The first-order valence-corrected chi connectivity index (χ1v) is 5.38. The molecule has 6 nitrogen and oxygen atoms in total. The van der Waals surface area contributed by atoms with E-state index >= 15 is 0 Å². The summed E-state index contributed by atoms with van der Waals surface area (Å²) in [4.78, 5) is 15.4. The topological polar surface area (TPSA) is 73.0 Å². The molecule has 0 fully saturated rings. The molecule has 0 bridgehead atoms. The van der Waals surface area contributed by atoms with Gasteiger partial charge in [-0.05, 0) is 19.1 Å². The van der Waals surface area contributed by atoms with Gasteiger partial charge in [-0.3, -0.25) is 4.79 Å². The second-order valence-electron chi connectivity index (χ2n) is 3.85. The van der Waals surface area contributed by atoms with Crippen molar-refractivity contribution in [1.29, 1.82) is 0 Å². The van der Waals surface area contributed by atoms with Crippen molar-refractivity contribution in [1.82, 2.24) is 20.1 Å². The van der Waals surface area contributed by atoms with Gasteiger partial charge in [0, 0.05) is 12.5 Å². The lowest BCUT2D eigenvalue weighted by molar-refractivity contribution is -0.122. The zero-order valence-electron chi connectivity index (χ0n) is 9.54. The van der Waals surface area contributed by atoms with Crippen molar-refractivity contribution in [3.63, 3.8) is 0 Å². The Balaban J connectivity index is 1.78.